The molecule has 110 valence electrons. The zero-order valence-electron chi connectivity index (χ0n) is 12.6. The zero-order valence-corrected chi connectivity index (χ0v) is 13.4. The molecule has 2 aromatic rings. The second-order valence-corrected chi connectivity index (χ2v) is 6.16. The third kappa shape index (κ3) is 2.94. The van der Waals surface area contributed by atoms with E-state index in [1.807, 2.05) is 7.05 Å². The van der Waals surface area contributed by atoms with Gasteiger partial charge in [0.05, 0.1) is 12.6 Å². The molecule has 1 aliphatic rings. The molecule has 0 radical (unpaired) electrons. The summed E-state index contributed by atoms with van der Waals surface area (Å²) in [5, 5.41) is 3.44. The summed E-state index contributed by atoms with van der Waals surface area (Å²) in [4.78, 5) is 1.29. The molecule has 0 spiro atoms. The highest BCUT2D eigenvalue weighted by molar-refractivity contribution is 7.98. The summed E-state index contributed by atoms with van der Waals surface area (Å²) in [6.07, 6.45) is 4.33. The summed E-state index contributed by atoms with van der Waals surface area (Å²) >= 11 is 1.77. The molecule has 0 aromatic heterocycles. The fourth-order valence-corrected chi connectivity index (χ4v) is 3.35. The van der Waals surface area contributed by atoms with Crippen LogP contribution in [0.2, 0.25) is 0 Å². The Hall–Kier alpha value is -1.45. The van der Waals surface area contributed by atoms with Gasteiger partial charge in [0.2, 0.25) is 0 Å². The molecule has 0 saturated heterocycles. The van der Waals surface area contributed by atoms with E-state index in [1.165, 1.54) is 21.6 Å². The van der Waals surface area contributed by atoms with Crippen LogP contribution in [-0.2, 0) is 6.42 Å². The van der Waals surface area contributed by atoms with Crippen LogP contribution >= 0.6 is 11.8 Å². The lowest BCUT2D eigenvalue weighted by molar-refractivity contribution is 0.283. The molecule has 1 heterocycles. The van der Waals surface area contributed by atoms with E-state index >= 15 is 0 Å². The quantitative estimate of drug-likeness (QED) is 0.861. The van der Waals surface area contributed by atoms with Crippen molar-refractivity contribution in [3.05, 3.63) is 59.2 Å². The maximum absolute atomic E-state index is 5.96. The highest BCUT2D eigenvalue weighted by Crippen LogP contribution is 2.35. The molecule has 0 aliphatic carbocycles. The van der Waals surface area contributed by atoms with Crippen molar-refractivity contribution in [2.45, 2.75) is 23.8 Å². The van der Waals surface area contributed by atoms with Gasteiger partial charge in [0.25, 0.3) is 0 Å². The first-order chi connectivity index (χ1) is 10.3. The summed E-state index contributed by atoms with van der Waals surface area (Å²) in [6.45, 7) is 0.825. The number of fused-ring (bicyclic) bond motifs is 1. The Balaban J connectivity index is 1.99. The van der Waals surface area contributed by atoms with E-state index in [2.05, 4.69) is 54.0 Å². The number of aryl methyl sites for hydroxylation is 1. The molecule has 1 aliphatic heterocycles. The predicted octanol–water partition coefficient (Wildman–Crippen LogP) is 4.04. The zero-order chi connectivity index (χ0) is 14.7. The van der Waals surface area contributed by atoms with E-state index in [9.17, 15) is 0 Å². The topological polar surface area (TPSA) is 21.3 Å². The van der Waals surface area contributed by atoms with Crippen molar-refractivity contribution in [1.82, 2.24) is 5.32 Å². The molecule has 3 heteroatoms. The smallest absolute Gasteiger partial charge is 0.127 e. The van der Waals surface area contributed by atoms with E-state index < -0.39 is 0 Å². The Bertz CT molecular complexity index is 609. The van der Waals surface area contributed by atoms with Gasteiger partial charge >= 0.3 is 0 Å². The minimum Gasteiger partial charge on any atom is -0.493 e. The van der Waals surface area contributed by atoms with Gasteiger partial charge < -0.3 is 10.1 Å². The Kier molecular flexibility index (Phi) is 4.51. The second kappa shape index (κ2) is 6.54. The molecular formula is C18H21NOS. The number of thioether (sulfide) groups is 1. The largest absolute Gasteiger partial charge is 0.493 e. The average Bonchev–Trinajstić information content (AvgIpc) is 2.56. The summed E-state index contributed by atoms with van der Waals surface area (Å²) in [7, 11) is 2.01. The highest BCUT2D eigenvalue weighted by atomic mass is 32.2. The normalized spacial score (nSPS) is 15.1. The van der Waals surface area contributed by atoms with Crippen molar-refractivity contribution in [3.8, 4) is 5.75 Å². The minimum atomic E-state index is 0.175. The Morgan fingerprint density at radius 1 is 1.14 bits per heavy atom. The van der Waals surface area contributed by atoms with Crippen molar-refractivity contribution < 1.29 is 4.74 Å². The van der Waals surface area contributed by atoms with Crippen LogP contribution in [0.5, 0.6) is 5.75 Å². The predicted molar refractivity (Wildman–Crippen MR) is 89.4 cm³/mol. The molecule has 0 amide bonds. The molecule has 0 bridgehead atoms. The lowest BCUT2D eigenvalue weighted by atomic mass is 9.94. The lowest BCUT2D eigenvalue weighted by Crippen LogP contribution is -2.20. The van der Waals surface area contributed by atoms with Crippen LogP contribution in [-0.4, -0.2) is 19.9 Å². The summed E-state index contributed by atoms with van der Waals surface area (Å²) in [5.74, 6) is 1.08. The molecule has 0 saturated carbocycles. The van der Waals surface area contributed by atoms with E-state index in [4.69, 9.17) is 4.74 Å². The first kappa shape index (κ1) is 14.5. The number of hydrogen-bond donors (Lipinski definition) is 1. The van der Waals surface area contributed by atoms with E-state index in [0.29, 0.717) is 0 Å². The van der Waals surface area contributed by atoms with Gasteiger partial charge in [-0.3, -0.25) is 0 Å². The molecule has 1 unspecified atom stereocenters. The van der Waals surface area contributed by atoms with E-state index in [-0.39, 0.29) is 6.04 Å². The maximum atomic E-state index is 5.96. The molecule has 0 fully saturated rings. The average molecular weight is 299 g/mol. The standard InChI is InChI=1S/C18H21NOS/c1-19-17(13-8-10-15(21-2)11-9-13)16-7-3-5-14-6-4-12-20-18(14)16/h3,5,7-11,17,19H,4,6,12H2,1-2H3. The van der Waals surface area contributed by atoms with Gasteiger partial charge in [0.1, 0.15) is 5.75 Å². The molecule has 2 aromatic carbocycles. The summed E-state index contributed by atoms with van der Waals surface area (Å²) < 4.78 is 5.96. The van der Waals surface area contributed by atoms with Crippen molar-refractivity contribution in [3.63, 3.8) is 0 Å². The molecule has 1 atom stereocenters. The molecular weight excluding hydrogens is 278 g/mol. The number of ether oxygens (including phenoxy) is 1. The van der Waals surface area contributed by atoms with Crippen molar-refractivity contribution in [2.24, 2.45) is 0 Å². The minimum absolute atomic E-state index is 0.175. The first-order valence-corrected chi connectivity index (χ1v) is 8.61. The second-order valence-electron chi connectivity index (χ2n) is 5.28. The Morgan fingerprint density at radius 2 is 1.95 bits per heavy atom. The Morgan fingerprint density at radius 3 is 2.67 bits per heavy atom. The number of benzene rings is 2. The number of para-hydroxylation sites is 1. The van der Waals surface area contributed by atoms with Crippen LogP contribution in [0.25, 0.3) is 0 Å². The van der Waals surface area contributed by atoms with Gasteiger partial charge in [-0.15, -0.1) is 11.8 Å². The summed E-state index contributed by atoms with van der Waals surface area (Å²) in [5.41, 5.74) is 3.85. The van der Waals surface area contributed by atoms with Crippen molar-refractivity contribution >= 4 is 11.8 Å². The number of nitrogens with one attached hydrogen (secondary N) is 1. The van der Waals surface area contributed by atoms with Crippen LogP contribution < -0.4 is 10.1 Å². The molecule has 2 nitrogen and oxygen atoms in total. The lowest BCUT2D eigenvalue weighted by Gasteiger charge is -2.25. The number of rotatable bonds is 4. The van der Waals surface area contributed by atoms with Gasteiger partial charge in [-0.25, -0.2) is 0 Å². The van der Waals surface area contributed by atoms with Crippen molar-refractivity contribution in [2.75, 3.05) is 19.9 Å². The number of hydrogen-bond acceptors (Lipinski definition) is 3. The van der Waals surface area contributed by atoms with Gasteiger partial charge in [-0.2, -0.15) is 0 Å². The molecule has 1 N–H and O–H groups in total. The van der Waals surface area contributed by atoms with Crippen LogP contribution in [0.3, 0.4) is 0 Å². The molecule has 3 rings (SSSR count). The monoisotopic (exact) mass is 299 g/mol. The van der Waals surface area contributed by atoms with Crippen LogP contribution in [0, 0.1) is 0 Å². The van der Waals surface area contributed by atoms with E-state index in [0.717, 1.165) is 25.2 Å². The SMILES string of the molecule is CNC(c1ccc(SC)cc1)c1cccc2c1OCCC2. The van der Waals surface area contributed by atoms with Gasteiger partial charge in [-0.1, -0.05) is 30.3 Å². The van der Waals surface area contributed by atoms with E-state index in [1.54, 1.807) is 11.8 Å². The summed E-state index contributed by atoms with van der Waals surface area (Å²) in [6, 6.07) is 15.4. The van der Waals surface area contributed by atoms with Gasteiger partial charge in [0, 0.05) is 10.5 Å². The van der Waals surface area contributed by atoms with Crippen molar-refractivity contribution in [1.29, 1.82) is 0 Å². The third-order valence-electron chi connectivity index (χ3n) is 4.01. The fraction of sp³-hybridized carbons (Fsp3) is 0.333. The third-order valence-corrected chi connectivity index (χ3v) is 4.76. The Labute approximate surface area is 130 Å². The first-order valence-electron chi connectivity index (χ1n) is 7.39. The van der Waals surface area contributed by atoms with Gasteiger partial charge in [0.15, 0.2) is 0 Å². The van der Waals surface area contributed by atoms with Gasteiger partial charge in [-0.05, 0) is 49.4 Å². The van der Waals surface area contributed by atoms with Crippen LogP contribution in [0.4, 0.5) is 0 Å². The van der Waals surface area contributed by atoms with Crippen LogP contribution in [0.15, 0.2) is 47.4 Å². The van der Waals surface area contributed by atoms with Crippen LogP contribution in [0.1, 0.15) is 29.2 Å². The highest BCUT2D eigenvalue weighted by Gasteiger charge is 2.21. The fourth-order valence-electron chi connectivity index (χ4n) is 2.94. The molecule has 21 heavy (non-hydrogen) atoms. The maximum Gasteiger partial charge on any atom is 0.127 e.